The van der Waals surface area contributed by atoms with E-state index < -0.39 is 5.41 Å². The molecule has 16 heavy (non-hydrogen) atoms. The maximum Gasteiger partial charge on any atom is 0.227 e. The van der Waals surface area contributed by atoms with Crippen LogP contribution in [0.25, 0.3) is 0 Å². The Hall–Kier alpha value is -1.36. The molecular formula is C11H19N3O2. The van der Waals surface area contributed by atoms with Crippen molar-refractivity contribution in [3.05, 3.63) is 18.0 Å². The fourth-order valence-corrected chi connectivity index (χ4v) is 1.64. The fourth-order valence-electron chi connectivity index (χ4n) is 1.64. The number of nitrogens with two attached hydrogens (primary N) is 1. The average Bonchev–Trinajstić information content (AvgIpc) is 2.82. The topological polar surface area (TPSA) is 81.2 Å². The summed E-state index contributed by atoms with van der Waals surface area (Å²) in [4.78, 5) is 12.0. The quantitative estimate of drug-likeness (QED) is 0.758. The van der Waals surface area contributed by atoms with E-state index in [1.54, 1.807) is 6.07 Å². The van der Waals surface area contributed by atoms with E-state index in [9.17, 15) is 4.79 Å². The van der Waals surface area contributed by atoms with Gasteiger partial charge >= 0.3 is 0 Å². The average molecular weight is 225 g/mol. The van der Waals surface area contributed by atoms with Crippen LogP contribution in [-0.2, 0) is 11.3 Å². The van der Waals surface area contributed by atoms with Gasteiger partial charge in [-0.25, -0.2) is 0 Å². The van der Waals surface area contributed by atoms with E-state index in [0.717, 1.165) is 12.8 Å². The predicted octanol–water partition coefficient (Wildman–Crippen LogP) is 1.06. The molecule has 1 aromatic heterocycles. The Labute approximate surface area is 95.4 Å². The summed E-state index contributed by atoms with van der Waals surface area (Å²) in [5, 5.41) is 6.56. The summed E-state index contributed by atoms with van der Waals surface area (Å²) in [5.41, 5.74) is 5.94. The van der Waals surface area contributed by atoms with Crippen LogP contribution in [-0.4, -0.2) is 17.6 Å². The van der Waals surface area contributed by atoms with E-state index in [1.165, 1.54) is 6.26 Å². The molecule has 0 radical (unpaired) electrons. The first-order chi connectivity index (χ1) is 7.68. The smallest absolute Gasteiger partial charge is 0.227 e. The highest BCUT2D eigenvalue weighted by Gasteiger charge is 2.32. The highest BCUT2D eigenvalue weighted by atomic mass is 16.5. The third-order valence-corrected chi connectivity index (χ3v) is 3.15. The first-order valence-electron chi connectivity index (χ1n) is 5.56. The van der Waals surface area contributed by atoms with Gasteiger partial charge < -0.3 is 15.6 Å². The Morgan fingerprint density at radius 3 is 2.69 bits per heavy atom. The Balaban J connectivity index is 2.56. The molecule has 0 atom stereocenters. The molecular weight excluding hydrogens is 206 g/mol. The second-order valence-corrected chi connectivity index (χ2v) is 3.87. The minimum absolute atomic E-state index is 0.0111. The molecule has 0 bridgehead atoms. The standard InChI is InChI=1S/C11H19N3O2/c1-3-11(4-2,8-12)10(15)13-7-9-5-6-16-14-9/h5-6H,3-4,7-8,12H2,1-2H3,(H,13,15). The summed E-state index contributed by atoms with van der Waals surface area (Å²) in [5.74, 6) is -0.0111. The lowest BCUT2D eigenvalue weighted by Crippen LogP contribution is -2.45. The van der Waals surface area contributed by atoms with E-state index in [2.05, 4.69) is 15.0 Å². The SMILES string of the molecule is CCC(CC)(CN)C(=O)NCc1ccon1. The highest BCUT2D eigenvalue weighted by Crippen LogP contribution is 2.24. The van der Waals surface area contributed by atoms with Crippen LogP contribution in [0.2, 0.25) is 0 Å². The van der Waals surface area contributed by atoms with E-state index >= 15 is 0 Å². The summed E-state index contributed by atoms with van der Waals surface area (Å²) < 4.78 is 4.69. The van der Waals surface area contributed by atoms with Crippen LogP contribution >= 0.6 is 0 Å². The molecule has 0 spiro atoms. The summed E-state index contributed by atoms with van der Waals surface area (Å²) in [6, 6.07) is 1.72. The van der Waals surface area contributed by atoms with E-state index in [-0.39, 0.29) is 5.91 Å². The van der Waals surface area contributed by atoms with Gasteiger partial charge in [-0.2, -0.15) is 0 Å². The summed E-state index contributed by atoms with van der Waals surface area (Å²) in [6.45, 7) is 4.71. The molecule has 0 aromatic carbocycles. The van der Waals surface area contributed by atoms with Gasteiger partial charge in [0.15, 0.2) is 0 Å². The van der Waals surface area contributed by atoms with Crippen LogP contribution in [0.15, 0.2) is 16.9 Å². The zero-order valence-corrected chi connectivity index (χ0v) is 9.82. The molecule has 0 unspecified atom stereocenters. The van der Waals surface area contributed by atoms with Crippen molar-refractivity contribution in [2.24, 2.45) is 11.1 Å². The number of nitrogens with one attached hydrogen (secondary N) is 1. The molecule has 3 N–H and O–H groups in total. The van der Waals surface area contributed by atoms with Crippen molar-refractivity contribution < 1.29 is 9.32 Å². The first-order valence-corrected chi connectivity index (χ1v) is 5.56. The normalized spacial score (nSPS) is 11.4. The number of hydrogen-bond acceptors (Lipinski definition) is 4. The molecule has 90 valence electrons. The van der Waals surface area contributed by atoms with Crippen molar-refractivity contribution in [3.63, 3.8) is 0 Å². The van der Waals surface area contributed by atoms with Crippen LogP contribution in [0, 0.1) is 5.41 Å². The molecule has 1 heterocycles. The van der Waals surface area contributed by atoms with Crippen molar-refractivity contribution in [1.82, 2.24) is 10.5 Å². The van der Waals surface area contributed by atoms with Gasteiger partial charge in [0.1, 0.15) is 12.0 Å². The Kier molecular flexibility index (Phi) is 4.49. The van der Waals surface area contributed by atoms with Crippen molar-refractivity contribution in [2.75, 3.05) is 6.54 Å². The maximum absolute atomic E-state index is 12.0. The Morgan fingerprint density at radius 2 is 2.25 bits per heavy atom. The number of rotatable bonds is 6. The lowest BCUT2D eigenvalue weighted by molar-refractivity contribution is -0.131. The van der Waals surface area contributed by atoms with Crippen molar-refractivity contribution in [2.45, 2.75) is 33.2 Å². The van der Waals surface area contributed by atoms with E-state index in [4.69, 9.17) is 5.73 Å². The van der Waals surface area contributed by atoms with E-state index in [0.29, 0.717) is 18.8 Å². The Morgan fingerprint density at radius 1 is 1.56 bits per heavy atom. The Bertz CT molecular complexity index is 310. The minimum Gasteiger partial charge on any atom is -0.364 e. The number of hydrogen-bond donors (Lipinski definition) is 2. The van der Waals surface area contributed by atoms with Gasteiger partial charge in [0.25, 0.3) is 0 Å². The van der Waals surface area contributed by atoms with Gasteiger partial charge in [0, 0.05) is 12.6 Å². The van der Waals surface area contributed by atoms with Crippen molar-refractivity contribution >= 4 is 5.91 Å². The van der Waals surface area contributed by atoms with Crippen molar-refractivity contribution in [3.8, 4) is 0 Å². The number of aromatic nitrogens is 1. The summed E-state index contributed by atoms with van der Waals surface area (Å²) >= 11 is 0. The largest absolute Gasteiger partial charge is 0.364 e. The van der Waals surface area contributed by atoms with Gasteiger partial charge in [-0.05, 0) is 12.8 Å². The van der Waals surface area contributed by atoms with Crippen molar-refractivity contribution in [1.29, 1.82) is 0 Å². The van der Waals surface area contributed by atoms with Gasteiger partial charge in [-0.3, -0.25) is 4.79 Å². The monoisotopic (exact) mass is 225 g/mol. The van der Waals surface area contributed by atoms with Crippen LogP contribution in [0.1, 0.15) is 32.4 Å². The molecule has 5 nitrogen and oxygen atoms in total. The van der Waals surface area contributed by atoms with Crippen LogP contribution < -0.4 is 11.1 Å². The molecule has 1 aromatic rings. The molecule has 0 saturated heterocycles. The van der Waals surface area contributed by atoms with Crippen LogP contribution in [0.3, 0.4) is 0 Å². The maximum atomic E-state index is 12.0. The minimum atomic E-state index is -0.455. The number of carbonyl (C=O) groups is 1. The number of carbonyl (C=O) groups excluding carboxylic acids is 1. The predicted molar refractivity (Wildman–Crippen MR) is 60.4 cm³/mol. The fraction of sp³-hybridized carbons (Fsp3) is 0.636. The molecule has 1 amide bonds. The second kappa shape index (κ2) is 5.65. The molecule has 0 aliphatic rings. The van der Waals surface area contributed by atoms with Gasteiger partial charge in [0.2, 0.25) is 5.91 Å². The van der Waals surface area contributed by atoms with Gasteiger partial charge in [-0.15, -0.1) is 0 Å². The molecule has 0 saturated carbocycles. The summed E-state index contributed by atoms with van der Waals surface area (Å²) in [7, 11) is 0. The molecule has 0 fully saturated rings. The first kappa shape index (κ1) is 12.7. The second-order valence-electron chi connectivity index (χ2n) is 3.87. The zero-order valence-electron chi connectivity index (χ0n) is 9.82. The highest BCUT2D eigenvalue weighted by molar-refractivity contribution is 5.82. The lowest BCUT2D eigenvalue weighted by Gasteiger charge is -2.28. The van der Waals surface area contributed by atoms with E-state index in [1.807, 2.05) is 13.8 Å². The third-order valence-electron chi connectivity index (χ3n) is 3.15. The van der Waals surface area contributed by atoms with Gasteiger partial charge in [-0.1, -0.05) is 19.0 Å². The molecule has 5 heteroatoms. The zero-order chi connectivity index (χ0) is 12.0. The number of amides is 1. The molecule has 0 aliphatic heterocycles. The van der Waals surface area contributed by atoms with Crippen LogP contribution in [0.4, 0.5) is 0 Å². The number of nitrogens with zero attached hydrogens (tertiary/aromatic N) is 1. The molecule has 1 rings (SSSR count). The third kappa shape index (κ3) is 2.61. The van der Waals surface area contributed by atoms with Gasteiger partial charge in [0.05, 0.1) is 12.0 Å². The lowest BCUT2D eigenvalue weighted by atomic mass is 9.81. The summed E-state index contributed by atoms with van der Waals surface area (Å²) in [6.07, 6.45) is 2.96. The van der Waals surface area contributed by atoms with Crippen LogP contribution in [0.5, 0.6) is 0 Å². The molecule has 0 aliphatic carbocycles.